The molecule has 2 amide bonds. The van der Waals surface area contributed by atoms with Gasteiger partial charge in [-0.3, -0.25) is 19.8 Å². The maximum atomic E-state index is 13.6. The molecule has 4 rings (SSSR count). The Bertz CT molecular complexity index is 1050. The molecule has 0 saturated carbocycles. The third kappa shape index (κ3) is 3.05. The van der Waals surface area contributed by atoms with Crippen LogP contribution in [0.15, 0.2) is 42.0 Å². The van der Waals surface area contributed by atoms with Crippen LogP contribution in [-0.4, -0.2) is 30.8 Å². The number of benzene rings is 2. The van der Waals surface area contributed by atoms with Crippen LogP contribution in [0.4, 0.5) is 10.1 Å². The summed E-state index contributed by atoms with van der Waals surface area (Å²) in [6.07, 6.45) is 1.37. The van der Waals surface area contributed by atoms with Crippen molar-refractivity contribution in [2.45, 2.75) is 0 Å². The molecule has 0 aliphatic carbocycles. The van der Waals surface area contributed by atoms with Crippen LogP contribution in [0.3, 0.4) is 0 Å². The molecule has 0 unspecified atom stereocenters. The first-order chi connectivity index (χ1) is 13.5. The van der Waals surface area contributed by atoms with Gasteiger partial charge in [0, 0.05) is 11.6 Å². The number of thiocarbonyl (C=S) groups is 1. The second-order valence-electron chi connectivity index (χ2n) is 5.89. The van der Waals surface area contributed by atoms with Gasteiger partial charge < -0.3 is 14.2 Å². The summed E-state index contributed by atoms with van der Waals surface area (Å²) in [6, 6.07) is 8.57. The molecule has 2 aromatic rings. The molecule has 2 aliphatic rings. The summed E-state index contributed by atoms with van der Waals surface area (Å²) in [6.45, 7) is 0.0690. The van der Waals surface area contributed by atoms with Crippen molar-refractivity contribution < 1.29 is 28.2 Å². The Morgan fingerprint density at radius 3 is 2.68 bits per heavy atom. The van der Waals surface area contributed by atoms with Crippen molar-refractivity contribution >= 4 is 40.9 Å². The van der Waals surface area contributed by atoms with Gasteiger partial charge in [0.05, 0.1) is 12.8 Å². The van der Waals surface area contributed by atoms with Gasteiger partial charge in [-0.1, -0.05) is 6.07 Å². The van der Waals surface area contributed by atoms with Crippen LogP contribution in [0, 0.1) is 5.82 Å². The minimum absolute atomic E-state index is 0.0690. The van der Waals surface area contributed by atoms with Gasteiger partial charge in [0.2, 0.25) is 6.79 Å². The highest BCUT2D eigenvalue weighted by atomic mass is 32.1. The first-order valence-corrected chi connectivity index (χ1v) is 8.53. The highest BCUT2D eigenvalue weighted by Crippen LogP contribution is 2.39. The quantitative estimate of drug-likeness (QED) is 0.484. The number of methoxy groups -OCH3 is 1. The number of hydrogen-bond donors (Lipinski definition) is 1. The highest BCUT2D eigenvalue weighted by Gasteiger charge is 2.35. The molecule has 0 spiro atoms. The minimum Gasteiger partial charge on any atom is -0.496 e. The molecule has 1 saturated heterocycles. The predicted octanol–water partition coefficient (Wildman–Crippen LogP) is 2.39. The van der Waals surface area contributed by atoms with E-state index in [0.29, 0.717) is 22.8 Å². The number of hydrogen-bond acceptors (Lipinski definition) is 6. The number of anilines is 1. The van der Waals surface area contributed by atoms with Crippen LogP contribution in [-0.2, 0) is 9.59 Å². The Balaban J connectivity index is 1.78. The smallest absolute Gasteiger partial charge is 0.270 e. The van der Waals surface area contributed by atoms with Crippen LogP contribution in [0.1, 0.15) is 5.56 Å². The Hall–Kier alpha value is -3.46. The zero-order chi connectivity index (χ0) is 19.8. The summed E-state index contributed by atoms with van der Waals surface area (Å²) >= 11 is 5.10. The van der Waals surface area contributed by atoms with E-state index in [-0.39, 0.29) is 23.2 Å². The number of ether oxygens (including phenoxy) is 3. The maximum Gasteiger partial charge on any atom is 0.270 e. The number of carbonyl (C=O) groups is 2. The molecule has 0 radical (unpaired) electrons. The van der Waals surface area contributed by atoms with E-state index in [9.17, 15) is 14.0 Å². The van der Waals surface area contributed by atoms with E-state index in [1.54, 1.807) is 12.1 Å². The van der Waals surface area contributed by atoms with Crippen molar-refractivity contribution in [1.82, 2.24) is 5.32 Å². The number of halogens is 1. The Morgan fingerprint density at radius 2 is 1.96 bits per heavy atom. The van der Waals surface area contributed by atoms with Gasteiger partial charge in [-0.25, -0.2) is 4.39 Å². The second-order valence-corrected chi connectivity index (χ2v) is 6.27. The highest BCUT2D eigenvalue weighted by molar-refractivity contribution is 7.80. The average molecular weight is 400 g/mol. The van der Waals surface area contributed by atoms with Gasteiger partial charge in [-0.05, 0) is 42.6 Å². The van der Waals surface area contributed by atoms with E-state index < -0.39 is 17.6 Å². The standard InChI is InChI=1S/C19H13FN2O5S/c1-25-14-8-16-15(26-9-27-16)6-10(14)5-13-17(23)21-19(28)22(18(13)24)12-4-2-3-11(20)7-12/h2-8H,9H2,1H3,(H,21,23,28)/b13-5-. The van der Waals surface area contributed by atoms with Crippen molar-refractivity contribution in [2.24, 2.45) is 0 Å². The van der Waals surface area contributed by atoms with Crippen molar-refractivity contribution in [3.8, 4) is 17.2 Å². The molecule has 1 fully saturated rings. The van der Waals surface area contributed by atoms with E-state index in [1.165, 1.54) is 31.4 Å². The van der Waals surface area contributed by atoms with E-state index >= 15 is 0 Å². The molecule has 0 atom stereocenters. The zero-order valence-corrected chi connectivity index (χ0v) is 15.3. The van der Waals surface area contributed by atoms with Gasteiger partial charge in [0.25, 0.3) is 11.8 Å². The SMILES string of the molecule is COc1cc2c(cc1/C=C1/C(=O)NC(=S)N(c3cccc(F)c3)C1=O)OCO2. The summed E-state index contributed by atoms with van der Waals surface area (Å²) in [7, 11) is 1.45. The molecule has 9 heteroatoms. The first kappa shape index (κ1) is 17.9. The third-order valence-electron chi connectivity index (χ3n) is 4.19. The van der Waals surface area contributed by atoms with Crippen LogP contribution in [0.5, 0.6) is 17.2 Å². The molecule has 0 aromatic heterocycles. The van der Waals surface area contributed by atoms with Crippen LogP contribution >= 0.6 is 12.2 Å². The fourth-order valence-electron chi connectivity index (χ4n) is 2.89. The fourth-order valence-corrected chi connectivity index (χ4v) is 3.17. The molecule has 28 heavy (non-hydrogen) atoms. The number of rotatable bonds is 3. The lowest BCUT2D eigenvalue weighted by molar-refractivity contribution is -0.122. The van der Waals surface area contributed by atoms with Crippen molar-refractivity contribution in [1.29, 1.82) is 0 Å². The third-order valence-corrected chi connectivity index (χ3v) is 4.48. The molecule has 2 heterocycles. The fraction of sp³-hybridized carbons (Fsp3) is 0.105. The second kappa shape index (κ2) is 6.93. The molecule has 142 valence electrons. The molecule has 2 aromatic carbocycles. The summed E-state index contributed by atoms with van der Waals surface area (Å²) in [4.78, 5) is 26.5. The van der Waals surface area contributed by atoms with E-state index in [0.717, 1.165) is 11.0 Å². The summed E-state index contributed by atoms with van der Waals surface area (Å²) in [5.74, 6) is -0.521. The van der Waals surface area contributed by atoms with E-state index in [1.807, 2.05) is 0 Å². The van der Waals surface area contributed by atoms with Gasteiger partial charge in [-0.2, -0.15) is 0 Å². The molecule has 2 aliphatic heterocycles. The number of fused-ring (bicyclic) bond motifs is 1. The summed E-state index contributed by atoms with van der Waals surface area (Å²) in [5, 5.41) is 2.32. The topological polar surface area (TPSA) is 77.1 Å². The number of amides is 2. The predicted molar refractivity (Wildman–Crippen MR) is 102 cm³/mol. The molecular weight excluding hydrogens is 387 g/mol. The van der Waals surface area contributed by atoms with E-state index in [4.69, 9.17) is 26.4 Å². The number of carbonyl (C=O) groups excluding carboxylic acids is 2. The molecule has 0 bridgehead atoms. The Morgan fingerprint density at radius 1 is 1.21 bits per heavy atom. The Labute approximate surface area is 164 Å². The van der Waals surface area contributed by atoms with Crippen LogP contribution in [0.2, 0.25) is 0 Å². The van der Waals surface area contributed by atoms with Gasteiger partial charge in [-0.15, -0.1) is 0 Å². The maximum absolute atomic E-state index is 13.6. The molecule has 1 N–H and O–H groups in total. The monoisotopic (exact) mass is 400 g/mol. The van der Waals surface area contributed by atoms with Gasteiger partial charge in [0.1, 0.15) is 17.1 Å². The first-order valence-electron chi connectivity index (χ1n) is 8.12. The van der Waals surface area contributed by atoms with Crippen molar-refractivity contribution in [3.05, 3.63) is 53.4 Å². The normalized spacial score (nSPS) is 17.1. The average Bonchev–Trinajstić information content (AvgIpc) is 3.11. The lowest BCUT2D eigenvalue weighted by Crippen LogP contribution is -2.54. The van der Waals surface area contributed by atoms with Gasteiger partial charge >= 0.3 is 0 Å². The lowest BCUT2D eigenvalue weighted by Gasteiger charge is -2.29. The van der Waals surface area contributed by atoms with Crippen molar-refractivity contribution in [3.63, 3.8) is 0 Å². The number of nitrogens with zero attached hydrogens (tertiary/aromatic N) is 1. The lowest BCUT2D eigenvalue weighted by atomic mass is 10.1. The van der Waals surface area contributed by atoms with Crippen LogP contribution < -0.4 is 24.4 Å². The molecule has 7 nitrogen and oxygen atoms in total. The summed E-state index contributed by atoms with van der Waals surface area (Å²) in [5.41, 5.74) is 0.464. The minimum atomic E-state index is -0.681. The Kier molecular flexibility index (Phi) is 4.44. The summed E-state index contributed by atoms with van der Waals surface area (Å²) < 4.78 is 29.6. The zero-order valence-electron chi connectivity index (χ0n) is 14.5. The number of nitrogens with one attached hydrogen (secondary N) is 1. The van der Waals surface area contributed by atoms with Crippen LogP contribution in [0.25, 0.3) is 6.08 Å². The largest absolute Gasteiger partial charge is 0.496 e. The van der Waals surface area contributed by atoms with Gasteiger partial charge in [0.15, 0.2) is 16.6 Å². The van der Waals surface area contributed by atoms with E-state index in [2.05, 4.69) is 5.32 Å². The molecular formula is C19H13FN2O5S. The van der Waals surface area contributed by atoms with Crippen molar-refractivity contribution in [2.75, 3.05) is 18.8 Å².